The number of nitrogens with one attached hydrogen (secondary N) is 1. The molecule has 0 spiro atoms. The lowest BCUT2D eigenvalue weighted by Crippen LogP contribution is -2.11. The van der Waals surface area contributed by atoms with E-state index in [1.165, 1.54) is 19.1 Å². The number of anilines is 1. The second-order valence-electron chi connectivity index (χ2n) is 3.13. The lowest BCUT2D eigenvalue weighted by molar-refractivity contribution is -0.114. The largest absolute Gasteiger partial charge is 0.494 e. The van der Waals surface area contributed by atoms with E-state index in [1.54, 1.807) is 6.07 Å². The Kier molecular flexibility index (Phi) is 3.88. The van der Waals surface area contributed by atoms with Crippen LogP contribution < -0.4 is 10.1 Å². The van der Waals surface area contributed by atoms with Crippen molar-refractivity contribution >= 4 is 17.6 Å². The van der Waals surface area contributed by atoms with Gasteiger partial charge in [-0.3, -0.25) is 4.79 Å². The molecule has 16 heavy (non-hydrogen) atoms. The van der Waals surface area contributed by atoms with Gasteiger partial charge in [-0.1, -0.05) is 0 Å². The fourth-order valence-electron chi connectivity index (χ4n) is 1.26. The number of benzene rings is 1. The summed E-state index contributed by atoms with van der Waals surface area (Å²) < 4.78 is 5.18. The fraction of sp³-hybridized carbons (Fsp3) is 0.273. The van der Waals surface area contributed by atoms with Gasteiger partial charge in [0.15, 0.2) is 0 Å². The quantitative estimate of drug-likeness (QED) is 0.815. The normalized spacial score (nSPS) is 9.62. The molecule has 5 nitrogen and oxygen atoms in total. The van der Waals surface area contributed by atoms with E-state index < -0.39 is 5.97 Å². The third kappa shape index (κ3) is 2.98. The SMILES string of the molecule is CCOc1ccc(NC(C)=O)c(C(=O)O)c1. The maximum atomic E-state index is 11.0. The molecule has 0 aliphatic rings. The first-order valence-electron chi connectivity index (χ1n) is 4.82. The summed E-state index contributed by atoms with van der Waals surface area (Å²) in [7, 11) is 0. The smallest absolute Gasteiger partial charge is 0.337 e. The molecule has 1 amide bonds. The molecule has 1 aromatic rings. The van der Waals surface area contributed by atoms with E-state index in [-0.39, 0.29) is 17.2 Å². The van der Waals surface area contributed by atoms with Crippen LogP contribution in [-0.2, 0) is 4.79 Å². The standard InChI is InChI=1S/C11H13NO4/c1-3-16-8-4-5-10(12-7(2)13)9(6-8)11(14)15/h4-6H,3H2,1-2H3,(H,12,13)(H,14,15). The Labute approximate surface area is 93.0 Å². The second kappa shape index (κ2) is 5.16. The minimum absolute atomic E-state index is 0.0150. The van der Waals surface area contributed by atoms with Gasteiger partial charge in [0.05, 0.1) is 17.9 Å². The van der Waals surface area contributed by atoms with Crippen molar-refractivity contribution < 1.29 is 19.4 Å². The number of carbonyl (C=O) groups is 2. The number of carboxylic acids is 1. The monoisotopic (exact) mass is 223 g/mol. The zero-order chi connectivity index (χ0) is 12.1. The number of hydrogen-bond donors (Lipinski definition) is 2. The van der Waals surface area contributed by atoms with Crippen LogP contribution in [0.15, 0.2) is 18.2 Å². The Morgan fingerprint density at radius 2 is 2.12 bits per heavy atom. The Balaban J connectivity index is 3.08. The van der Waals surface area contributed by atoms with Crippen LogP contribution in [0.4, 0.5) is 5.69 Å². The summed E-state index contributed by atoms with van der Waals surface area (Å²) in [5.74, 6) is -0.953. The van der Waals surface area contributed by atoms with Gasteiger partial charge < -0.3 is 15.2 Å². The van der Waals surface area contributed by atoms with E-state index in [4.69, 9.17) is 9.84 Å². The predicted molar refractivity (Wildman–Crippen MR) is 58.9 cm³/mol. The van der Waals surface area contributed by atoms with Gasteiger partial charge in [-0.2, -0.15) is 0 Å². The number of amides is 1. The van der Waals surface area contributed by atoms with Crippen LogP contribution in [0.25, 0.3) is 0 Å². The minimum atomic E-state index is -1.11. The van der Waals surface area contributed by atoms with Crippen LogP contribution >= 0.6 is 0 Å². The van der Waals surface area contributed by atoms with Gasteiger partial charge in [-0.15, -0.1) is 0 Å². The van der Waals surface area contributed by atoms with Crippen LogP contribution in [-0.4, -0.2) is 23.6 Å². The molecular formula is C11H13NO4. The van der Waals surface area contributed by atoms with Crippen molar-refractivity contribution in [3.63, 3.8) is 0 Å². The number of carboxylic acid groups (broad SMARTS) is 1. The summed E-state index contributed by atoms with van der Waals surface area (Å²) in [4.78, 5) is 21.8. The lowest BCUT2D eigenvalue weighted by atomic mass is 10.1. The summed E-state index contributed by atoms with van der Waals surface area (Å²) in [5, 5.41) is 11.4. The highest BCUT2D eigenvalue weighted by Gasteiger charge is 2.12. The average Bonchev–Trinajstić information content (AvgIpc) is 2.19. The molecule has 86 valence electrons. The average molecular weight is 223 g/mol. The van der Waals surface area contributed by atoms with Crippen LogP contribution in [0.2, 0.25) is 0 Å². The number of ether oxygens (including phenoxy) is 1. The summed E-state index contributed by atoms with van der Waals surface area (Å²) >= 11 is 0. The van der Waals surface area contributed by atoms with E-state index in [1.807, 2.05) is 6.92 Å². The van der Waals surface area contributed by atoms with Crippen LogP contribution in [0.1, 0.15) is 24.2 Å². The molecule has 0 aromatic heterocycles. The summed E-state index contributed by atoms with van der Waals surface area (Å²) in [5.41, 5.74) is 0.282. The third-order valence-electron chi connectivity index (χ3n) is 1.84. The third-order valence-corrected chi connectivity index (χ3v) is 1.84. The first-order chi connectivity index (χ1) is 7.54. The predicted octanol–water partition coefficient (Wildman–Crippen LogP) is 1.74. The molecule has 0 unspecified atom stereocenters. The lowest BCUT2D eigenvalue weighted by Gasteiger charge is -2.09. The van der Waals surface area contributed by atoms with Crippen molar-refractivity contribution in [1.82, 2.24) is 0 Å². The van der Waals surface area contributed by atoms with Crippen molar-refractivity contribution in [3.05, 3.63) is 23.8 Å². The van der Waals surface area contributed by atoms with Crippen LogP contribution in [0, 0.1) is 0 Å². The maximum Gasteiger partial charge on any atom is 0.337 e. The molecular weight excluding hydrogens is 210 g/mol. The molecule has 2 N–H and O–H groups in total. The van der Waals surface area contributed by atoms with Crippen molar-refractivity contribution in [2.75, 3.05) is 11.9 Å². The van der Waals surface area contributed by atoms with Gasteiger partial charge in [0.25, 0.3) is 0 Å². The van der Waals surface area contributed by atoms with Crippen molar-refractivity contribution in [3.8, 4) is 5.75 Å². The van der Waals surface area contributed by atoms with E-state index in [0.717, 1.165) is 0 Å². The maximum absolute atomic E-state index is 11.0. The summed E-state index contributed by atoms with van der Waals surface area (Å²) in [6.07, 6.45) is 0. The molecule has 1 aromatic carbocycles. The fourth-order valence-corrected chi connectivity index (χ4v) is 1.26. The molecule has 0 radical (unpaired) electrons. The molecule has 0 heterocycles. The molecule has 0 aliphatic carbocycles. The highest BCUT2D eigenvalue weighted by Crippen LogP contribution is 2.22. The molecule has 0 saturated carbocycles. The van der Waals surface area contributed by atoms with Gasteiger partial charge in [-0.05, 0) is 25.1 Å². The highest BCUT2D eigenvalue weighted by atomic mass is 16.5. The Bertz CT molecular complexity index is 414. The second-order valence-corrected chi connectivity index (χ2v) is 3.13. The molecule has 0 atom stereocenters. The molecule has 5 heteroatoms. The number of carbonyl (C=O) groups excluding carboxylic acids is 1. The zero-order valence-electron chi connectivity index (χ0n) is 9.11. The topological polar surface area (TPSA) is 75.6 Å². The van der Waals surface area contributed by atoms with Crippen molar-refractivity contribution in [2.45, 2.75) is 13.8 Å². The van der Waals surface area contributed by atoms with Gasteiger partial charge in [0.1, 0.15) is 5.75 Å². The summed E-state index contributed by atoms with van der Waals surface area (Å²) in [6, 6.07) is 4.51. The molecule has 0 bridgehead atoms. The molecule has 1 rings (SSSR count). The molecule has 0 fully saturated rings. The Hall–Kier alpha value is -2.04. The number of aromatic carboxylic acids is 1. The first-order valence-corrected chi connectivity index (χ1v) is 4.82. The molecule has 0 aliphatic heterocycles. The molecule has 0 saturated heterocycles. The minimum Gasteiger partial charge on any atom is -0.494 e. The van der Waals surface area contributed by atoms with Crippen LogP contribution in [0.5, 0.6) is 5.75 Å². The number of rotatable bonds is 4. The van der Waals surface area contributed by atoms with E-state index >= 15 is 0 Å². The van der Waals surface area contributed by atoms with E-state index in [0.29, 0.717) is 12.4 Å². The van der Waals surface area contributed by atoms with E-state index in [9.17, 15) is 9.59 Å². The van der Waals surface area contributed by atoms with Gasteiger partial charge in [0, 0.05) is 6.92 Å². The van der Waals surface area contributed by atoms with Gasteiger partial charge in [0.2, 0.25) is 5.91 Å². The summed E-state index contributed by atoms with van der Waals surface area (Å²) in [6.45, 7) is 3.59. The first kappa shape index (κ1) is 12.0. The van der Waals surface area contributed by atoms with Crippen molar-refractivity contribution in [1.29, 1.82) is 0 Å². The van der Waals surface area contributed by atoms with Gasteiger partial charge >= 0.3 is 5.97 Å². The Morgan fingerprint density at radius 3 is 2.62 bits per heavy atom. The van der Waals surface area contributed by atoms with Crippen LogP contribution in [0.3, 0.4) is 0 Å². The highest BCUT2D eigenvalue weighted by molar-refractivity contribution is 6.00. The van der Waals surface area contributed by atoms with Gasteiger partial charge in [-0.25, -0.2) is 4.79 Å². The zero-order valence-corrected chi connectivity index (χ0v) is 9.11. The van der Waals surface area contributed by atoms with Crippen molar-refractivity contribution in [2.24, 2.45) is 0 Å². The van der Waals surface area contributed by atoms with E-state index in [2.05, 4.69) is 5.32 Å². The number of hydrogen-bond acceptors (Lipinski definition) is 3. The Morgan fingerprint density at radius 1 is 1.44 bits per heavy atom.